The van der Waals surface area contributed by atoms with E-state index in [1.807, 2.05) is 30.4 Å². The predicted molar refractivity (Wildman–Crippen MR) is 94.2 cm³/mol. The average molecular weight is 320 g/mol. The highest BCUT2D eigenvalue weighted by Gasteiger charge is 2.23. The van der Waals surface area contributed by atoms with Gasteiger partial charge in [-0.3, -0.25) is 4.98 Å². The summed E-state index contributed by atoms with van der Waals surface area (Å²) < 4.78 is 2.12. The van der Waals surface area contributed by atoms with Gasteiger partial charge in [-0.1, -0.05) is 23.9 Å². The molecule has 0 N–H and O–H groups in total. The lowest BCUT2D eigenvalue weighted by atomic mass is 10.0. The molecule has 0 radical (unpaired) electrons. The average Bonchev–Trinajstić information content (AvgIpc) is 2.56. The van der Waals surface area contributed by atoms with Gasteiger partial charge in [-0.15, -0.1) is 0 Å². The summed E-state index contributed by atoms with van der Waals surface area (Å²) in [6.07, 6.45) is 5.73. The van der Waals surface area contributed by atoms with Gasteiger partial charge in [-0.2, -0.15) is 4.57 Å². The molecule has 3 nitrogen and oxygen atoms in total. The molecule has 4 rings (SSSR count). The molecule has 0 unspecified atom stereocenters. The van der Waals surface area contributed by atoms with E-state index in [9.17, 15) is 0 Å². The van der Waals surface area contributed by atoms with E-state index in [1.54, 1.807) is 0 Å². The maximum Gasteiger partial charge on any atom is 0.231 e. The Balaban J connectivity index is 1.89. The Morgan fingerprint density at radius 1 is 1.09 bits per heavy atom. The highest BCUT2D eigenvalue weighted by atomic mass is 32.2. The molecule has 23 heavy (non-hydrogen) atoms. The highest BCUT2D eigenvalue weighted by molar-refractivity contribution is 7.99. The lowest BCUT2D eigenvalue weighted by Gasteiger charge is -2.30. The third kappa shape index (κ3) is 2.30. The maximum atomic E-state index is 4.29. The first-order valence-electron chi connectivity index (χ1n) is 7.60. The van der Waals surface area contributed by atoms with E-state index in [0.29, 0.717) is 0 Å². The van der Waals surface area contributed by atoms with Gasteiger partial charge in [0.25, 0.3) is 0 Å². The van der Waals surface area contributed by atoms with Gasteiger partial charge >= 0.3 is 0 Å². The molecular weight excluding hydrogens is 302 g/mol. The van der Waals surface area contributed by atoms with E-state index < -0.39 is 0 Å². The number of hydrogen-bond donors (Lipinski definition) is 0. The molecule has 0 fully saturated rings. The fourth-order valence-corrected chi connectivity index (χ4v) is 4.21. The Hall–Kier alpha value is -2.33. The predicted octanol–water partition coefficient (Wildman–Crippen LogP) is 4.11. The molecule has 2 heterocycles. The monoisotopic (exact) mass is 320 g/mol. The van der Waals surface area contributed by atoms with Gasteiger partial charge in [0.2, 0.25) is 5.69 Å². The molecule has 0 amide bonds. The molecule has 1 aliphatic heterocycles. The van der Waals surface area contributed by atoms with Crippen LogP contribution in [0.25, 0.3) is 11.3 Å². The summed E-state index contributed by atoms with van der Waals surface area (Å²) in [6, 6.07) is 13.1. The zero-order valence-corrected chi connectivity index (χ0v) is 14.3. The van der Waals surface area contributed by atoms with Crippen molar-refractivity contribution in [2.45, 2.75) is 16.7 Å². The second-order valence-electron chi connectivity index (χ2n) is 5.84. The van der Waals surface area contributed by atoms with Crippen LogP contribution in [0, 0.1) is 6.92 Å². The number of para-hydroxylation sites is 1. The second-order valence-corrected chi connectivity index (χ2v) is 6.92. The molecule has 0 aliphatic carbocycles. The number of fused-ring (bicyclic) bond motifs is 2. The Kier molecular flexibility index (Phi) is 3.34. The first kappa shape index (κ1) is 14.3. The molecule has 114 valence electrons. The van der Waals surface area contributed by atoms with E-state index >= 15 is 0 Å². The van der Waals surface area contributed by atoms with Crippen molar-refractivity contribution in [1.29, 1.82) is 0 Å². The SMILES string of the molecule is Cc1cc2c(cc1-c1cncc[n+]1C)Sc1ccccc1N2C. The van der Waals surface area contributed by atoms with Crippen LogP contribution in [0.15, 0.2) is 64.8 Å². The summed E-state index contributed by atoms with van der Waals surface area (Å²) >= 11 is 1.84. The Morgan fingerprint density at radius 3 is 2.74 bits per heavy atom. The van der Waals surface area contributed by atoms with Gasteiger partial charge in [0.1, 0.15) is 7.05 Å². The highest BCUT2D eigenvalue weighted by Crippen LogP contribution is 2.48. The third-order valence-corrected chi connectivity index (χ3v) is 5.45. The minimum Gasteiger partial charge on any atom is -0.343 e. The summed E-state index contributed by atoms with van der Waals surface area (Å²) in [5.41, 5.74) is 6.17. The van der Waals surface area contributed by atoms with E-state index in [0.717, 1.165) is 5.69 Å². The number of anilines is 2. The van der Waals surface area contributed by atoms with Crippen molar-refractivity contribution in [2.24, 2.45) is 7.05 Å². The molecule has 0 bridgehead atoms. The second kappa shape index (κ2) is 5.39. The largest absolute Gasteiger partial charge is 0.343 e. The third-order valence-electron chi connectivity index (χ3n) is 4.34. The summed E-state index contributed by atoms with van der Waals surface area (Å²) in [4.78, 5) is 9.15. The van der Waals surface area contributed by atoms with Gasteiger partial charge in [0, 0.05) is 16.8 Å². The fourth-order valence-electron chi connectivity index (χ4n) is 3.04. The van der Waals surface area contributed by atoms with Crippen LogP contribution in [0.4, 0.5) is 11.4 Å². The zero-order chi connectivity index (χ0) is 16.0. The van der Waals surface area contributed by atoms with Crippen LogP contribution in [-0.4, -0.2) is 12.0 Å². The zero-order valence-electron chi connectivity index (χ0n) is 13.4. The topological polar surface area (TPSA) is 20.0 Å². The summed E-state index contributed by atoms with van der Waals surface area (Å²) in [5.74, 6) is 0. The number of benzene rings is 2. The van der Waals surface area contributed by atoms with Crippen molar-refractivity contribution < 1.29 is 4.57 Å². The summed E-state index contributed by atoms with van der Waals surface area (Å²) in [7, 11) is 4.20. The first-order chi connectivity index (χ1) is 11.1. The van der Waals surface area contributed by atoms with Crippen LogP contribution >= 0.6 is 11.8 Å². The molecule has 2 aromatic carbocycles. The van der Waals surface area contributed by atoms with Crippen LogP contribution < -0.4 is 9.47 Å². The van der Waals surface area contributed by atoms with Crippen molar-refractivity contribution in [3.05, 3.63) is 60.6 Å². The molecule has 0 spiro atoms. The molecule has 0 saturated carbocycles. The van der Waals surface area contributed by atoms with Crippen LogP contribution in [0.1, 0.15) is 5.56 Å². The number of hydrogen-bond acceptors (Lipinski definition) is 3. The Bertz CT molecular complexity index is 905. The minimum absolute atomic E-state index is 1.13. The van der Waals surface area contributed by atoms with Crippen LogP contribution in [-0.2, 0) is 7.05 Å². The van der Waals surface area contributed by atoms with E-state index in [-0.39, 0.29) is 0 Å². The quantitative estimate of drug-likeness (QED) is 0.629. The number of aryl methyl sites for hydroxylation is 2. The lowest BCUT2D eigenvalue weighted by molar-refractivity contribution is -0.660. The van der Waals surface area contributed by atoms with Gasteiger partial charge in [0.15, 0.2) is 6.20 Å². The standard InChI is InChI=1S/C19H18N3S/c1-13-10-16-19(11-14(13)17-12-20-8-9-21(17)2)23-18-7-5-4-6-15(18)22(16)3/h4-12H,1-3H3/q+1. The summed E-state index contributed by atoms with van der Waals surface area (Å²) in [6.45, 7) is 2.17. The van der Waals surface area contributed by atoms with E-state index in [2.05, 4.69) is 71.9 Å². The molecule has 0 saturated heterocycles. The Morgan fingerprint density at radius 2 is 1.91 bits per heavy atom. The van der Waals surface area contributed by atoms with Crippen molar-refractivity contribution in [2.75, 3.05) is 11.9 Å². The summed E-state index contributed by atoms with van der Waals surface area (Å²) in [5, 5.41) is 0. The van der Waals surface area contributed by atoms with E-state index in [1.165, 1.54) is 32.3 Å². The first-order valence-corrected chi connectivity index (χ1v) is 8.42. The van der Waals surface area contributed by atoms with Gasteiger partial charge < -0.3 is 4.90 Å². The molecule has 1 aliphatic rings. The Labute approximate surface area is 140 Å². The van der Waals surface area contributed by atoms with Crippen molar-refractivity contribution in [3.8, 4) is 11.3 Å². The van der Waals surface area contributed by atoms with Crippen molar-refractivity contribution >= 4 is 23.1 Å². The van der Waals surface area contributed by atoms with Crippen LogP contribution in [0.5, 0.6) is 0 Å². The number of rotatable bonds is 1. The lowest BCUT2D eigenvalue weighted by Crippen LogP contribution is -2.30. The molecule has 0 atom stereocenters. The maximum absolute atomic E-state index is 4.29. The van der Waals surface area contributed by atoms with Gasteiger partial charge in [-0.05, 0) is 36.8 Å². The fraction of sp³-hybridized carbons (Fsp3) is 0.158. The minimum atomic E-state index is 1.13. The van der Waals surface area contributed by atoms with Crippen molar-refractivity contribution in [1.82, 2.24) is 4.98 Å². The molecule has 4 heteroatoms. The smallest absolute Gasteiger partial charge is 0.231 e. The van der Waals surface area contributed by atoms with Crippen LogP contribution in [0.3, 0.4) is 0 Å². The van der Waals surface area contributed by atoms with Crippen molar-refractivity contribution in [3.63, 3.8) is 0 Å². The normalized spacial score (nSPS) is 12.7. The van der Waals surface area contributed by atoms with E-state index in [4.69, 9.17) is 0 Å². The molecule has 1 aromatic heterocycles. The molecule has 3 aromatic rings. The van der Waals surface area contributed by atoms with Gasteiger partial charge in [0.05, 0.1) is 29.3 Å². The number of aromatic nitrogens is 2. The molecular formula is C19H18N3S+. The number of nitrogens with zero attached hydrogens (tertiary/aromatic N) is 3. The van der Waals surface area contributed by atoms with Crippen LogP contribution in [0.2, 0.25) is 0 Å². The van der Waals surface area contributed by atoms with Gasteiger partial charge in [-0.25, -0.2) is 0 Å².